The average molecular weight is 556 g/mol. The molecule has 3 aromatic carbocycles. The first kappa shape index (κ1) is 29.6. The zero-order chi connectivity index (χ0) is 28.1. The molecule has 0 radical (unpaired) electrons. The number of benzene rings is 3. The number of ether oxygens (including phenoxy) is 1. The Balaban J connectivity index is 1.77. The smallest absolute Gasteiger partial charge is 0.419 e. The van der Waals surface area contributed by atoms with Crippen LogP contribution in [0.1, 0.15) is 37.0 Å². The summed E-state index contributed by atoms with van der Waals surface area (Å²) in [6.07, 6.45) is -3.28. The highest BCUT2D eigenvalue weighted by atomic mass is 32.2. The third-order valence-corrected chi connectivity index (χ3v) is 7.25. The highest BCUT2D eigenvalue weighted by Gasteiger charge is 2.35. The molecule has 0 bridgehead atoms. The van der Waals surface area contributed by atoms with Gasteiger partial charge in [0.25, 0.3) is 0 Å². The number of nitrogens with zero attached hydrogens (tertiary/aromatic N) is 1. The SMILES string of the molecule is CC(C)(CN(CCCOc1cccc(S(C)(=O)=O)c1)Cc1cccc(C(F)(F)F)c1F)c1ccc(F)cc1. The van der Waals surface area contributed by atoms with Crippen molar-refractivity contribution in [2.45, 2.75) is 43.3 Å². The number of hydrogen-bond acceptors (Lipinski definition) is 4. The molecule has 0 aliphatic heterocycles. The van der Waals surface area contributed by atoms with Crippen LogP contribution in [0.3, 0.4) is 0 Å². The van der Waals surface area contributed by atoms with Crippen molar-refractivity contribution in [2.24, 2.45) is 0 Å². The number of alkyl halides is 3. The third-order valence-electron chi connectivity index (χ3n) is 6.14. The van der Waals surface area contributed by atoms with Crippen LogP contribution in [0.25, 0.3) is 0 Å². The molecule has 0 saturated carbocycles. The highest BCUT2D eigenvalue weighted by molar-refractivity contribution is 7.90. The van der Waals surface area contributed by atoms with Crippen molar-refractivity contribution in [3.05, 3.63) is 95.1 Å². The zero-order valence-corrected chi connectivity index (χ0v) is 22.2. The van der Waals surface area contributed by atoms with Crippen LogP contribution < -0.4 is 4.74 Å². The van der Waals surface area contributed by atoms with Gasteiger partial charge in [0, 0.05) is 36.9 Å². The second kappa shape index (κ2) is 11.8. The van der Waals surface area contributed by atoms with Gasteiger partial charge < -0.3 is 4.74 Å². The Morgan fingerprint density at radius 2 is 1.58 bits per heavy atom. The van der Waals surface area contributed by atoms with Crippen LogP contribution in [-0.2, 0) is 28.0 Å². The first-order valence-corrected chi connectivity index (χ1v) is 13.8. The van der Waals surface area contributed by atoms with E-state index < -0.39 is 32.8 Å². The van der Waals surface area contributed by atoms with Crippen molar-refractivity contribution in [3.63, 3.8) is 0 Å². The fourth-order valence-electron chi connectivity index (χ4n) is 4.20. The van der Waals surface area contributed by atoms with Gasteiger partial charge in [-0.05, 0) is 48.4 Å². The normalized spacial score (nSPS) is 12.7. The minimum absolute atomic E-state index is 0.0794. The van der Waals surface area contributed by atoms with Gasteiger partial charge in [-0.15, -0.1) is 0 Å². The van der Waals surface area contributed by atoms with E-state index >= 15 is 0 Å². The van der Waals surface area contributed by atoms with E-state index in [0.717, 1.165) is 11.8 Å². The van der Waals surface area contributed by atoms with Crippen LogP contribution in [0, 0.1) is 11.6 Å². The Morgan fingerprint density at radius 3 is 2.21 bits per heavy atom. The van der Waals surface area contributed by atoms with E-state index in [1.807, 2.05) is 18.7 Å². The maximum absolute atomic E-state index is 14.8. The molecule has 0 aliphatic rings. The maximum atomic E-state index is 14.8. The lowest BCUT2D eigenvalue weighted by atomic mass is 9.84. The lowest BCUT2D eigenvalue weighted by Gasteiger charge is -2.33. The van der Waals surface area contributed by atoms with Crippen molar-refractivity contribution in [1.29, 1.82) is 0 Å². The predicted octanol–water partition coefficient (Wildman–Crippen LogP) is 6.64. The van der Waals surface area contributed by atoms with Crippen LogP contribution in [-0.4, -0.2) is 39.3 Å². The molecule has 0 spiro atoms. The summed E-state index contributed by atoms with van der Waals surface area (Å²) < 4.78 is 97.3. The Kier molecular flexibility index (Phi) is 9.20. The van der Waals surface area contributed by atoms with E-state index in [4.69, 9.17) is 4.74 Å². The quantitative estimate of drug-likeness (QED) is 0.197. The van der Waals surface area contributed by atoms with Crippen molar-refractivity contribution < 1.29 is 35.1 Å². The third kappa shape index (κ3) is 8.01. The standard InChI is InChI=1S/C28H30F5NO3S/c1-27(2,21-11-13-22(29)14-12-21)19-34(18-20-7-4-10-25(26(20)30)28(31,32)33)15-6-16-37-23-8-5-9-24(17-23)38(3,35)36/h4-5,7-14,17H,6,15-16,18-19H2,1-3H3. The molecule has 206 valence electrons. The molecule has 0 amide bonds. The lowest BCUT2D eigenvalue weighted by molar-refractivity contribution is -0.140. The van der Waals surface area contributed by atoms with Crippen LogP contribution >= 0.6 is 0 Å². The second-order valence-electron chi connectivity index (χ2n) is 9.83. The largest absolute Gasteiger partial charge is 0.494 e. The number of halogens is 5. The molecule has 0 heterocycles. The zero-order valence-electron chi connectivity index (χ0n) is 21.4. The Bertz CT molecular complexity index is 1340. The summed E-state index contributed by atoms with van der Waals surface area (Å²) in [6.45, 7) is 4.66. The molecule has 38 heavy (non-hydrogen) atoms. The minimum atomic E-state index is -4.81. The van der Waals surface area contributed by atoms with E-state index in [9.17, 15) is 30.4 Å². The molecule has 3 rings (SSSR count). The number of sulfone groups is 1. The summed E-state index contributed by atoms with van der Waals surface area (Å²) in [4.78, 5) is 1.95. The first-order valence-electron chi connectivity index (χ1n) is 11.9. The van der Waals surface area contributed by atoms with Gasteiger partial charge in [-0.1, -0.05) is 44.2 Å². The van der Waals surface area contributed by atoms with Gasteiger partial charge in [-0.3, -0.25) is 4.90 Å². The van der Waals surface area contributed by atoms with Crippen molar-refractivity contribution >= 4 is 9.84 Å². The lowest BCUT2D eigenvalue weighted by Crippen LogP contribution is -2.38. The molecule has 0 saturated heterocycles. The molecule has 0 fully saturated rings. The summed E-state index contributed by atoms with van der Waals surface area (Å²) >= 11 is 0. The monoisotopic (exact) mass is 555 g/mol. The maximum Gasteiger partial charge on any atom is 0.419 e. The van der Waals surface area contributed by atoms with E-state index in [2.05, 4.69) is 0 Å². The summed E-state index contributed by atoms with van der Waals surface area (Å²) in [5, 5.41) is 0. The van der Waals surface area contributed by atoms with Crippen LogP contribution in [0.4, 0.5) is 22.0 Å². The van der Waals surface area contributed by atoms with Gasteiger partial charge in [-0.2, -0.15) is 13.2 Å². The first-order chi connectivity index (χ1) is 17.7. The molecule has 4 nitrogen and oxygen atoms in total. The molecule has 0 unspecified atom stereocenters. The van der Waals surface area contributed by atoms with Gasteiger partial charge in [0.2, 0.25) is 0 Å². The highest BCUT2D eigenvalue weighted by Crippen LogP contribution is 2.33. The molecule has 0 atom stereocenters. The average Bonchev–Trinajstić information content (AvgIpc) is 2.82. The van der Waals surface area contributed by atoms with Crippen molar-refractivity contribution in [3.8, 4) is 5.75 Å². The predicted molar refractivity (Wildman–Crippen MR) is 136 cm³/mol. The van der Waals surface area contributed by atoms with Gasteiger partial charge >= 0.3 is 6.18 Å². The molecular weight excluding hydrogens is 525 g/mol. The molecule has 3 aromatic rings. The molecule has 0 aromatic heterocycles. The fourth-order valence-corrected chi connectivity index (χ4v) is 4.86. The van der Waals surface area contributed by atoms with Gasteiger partial charge in [-0.25, -0.2) is 17.2 Å². The summed E-state index contributed by atoms with van der Waals surface area (Å²) in [6, 6.07) is 15.3. The summed E-state index contributed by atoms with van der Waals surface area (Å²) in [5.74, 6) is -1.32. The van der Waals surface area contributed by atoms with Gasteiger partial charge in [0.05, 0.1) is 17.1 Å². The Labute approximate surface area is 220 Å². The van der Waals surface area contributed by atoms with Gasteiger partial charge in [0.1, 0.15) is 17.4 Å². The van der Waals surface area contributed by atoms with Gasteiger partial charge in [0.15, 0.2) is 9.84 Å². The molecule has 0 aliphatic carbocycles. The van der Waals surface area contributed by atoms with Crippen molar-refractivity contribution in [1.82, 2.24) is 4.90 Å². The Morgan fingerprint density at radius 1 is 0.921 bits per heavy atom. The molecule has 0 N–H and O–H groups in total. The van der Waals surface area contributed by atoms with Crippen LogP contribution in [0.15, 0.2) is 71.6 Å². The minimum Gasteiger partial charge on any atom is -0.494 e. The number of rotatable bonds is 11. The van der Waals surface area contributed by atoms with E-state index in [1.54, 1.807) is 24.3 Å². The Hall–Kier alpha value is -2.98. The summed E-state index contributed by atoms with van der Waals surface area (Å²) in [5.41, 5.74) is -1.11. The molecule has 10 heteroatoms. The number of hydrogen-bond donors (Lipinski definition) is 0. The fraction of sp³-hybridized carbons (Fsp3) is 0.357. The van der Waals surface area contributed by atoms with E-state index in [-0.39, 0.29) is 29.4 Å². The van der Waals surface area contributed by atoms with E-state index in [0.29, 0.717) is 31.3 Å². The van der Waals surface area contributed by atoms with Crippen molar-refractivity contribution in [2.75, 3.05) is 26.0 Å². The van der Waals surface area contributed by atoms with Crippen LogP contribution in [0.5, 0.6) is 5.75 Å². The van der Waals surface area contributed by atoms with Crippen LogP contribution in [0.2, 0.25) is 0 Å². The topological polar surface area (TPSA) is 46.6 Å². The van der Waals surface area contributed by atoms with E-state index in [1.165, 1.54) is 36.4 Å². The second-order valence-corrected chi connectivity index (χ2v) is 11.8. The summed E-state index contributed by atoms with van der Waals surface area (Å²) in [7, 11) is -3.40. The molecular formula is C28H30F5NO3S.